The molecule has 1 amide bonds. The fraction of sp³-hybridized carbons (Fsp3) is 0.750. The topological polar surface area (TPSA) is 23.6 Å². The van der Waals surface area contributed by atoms with Crippen molar-refractivity contribution in [3.63, 3.8) is 0 Å². The first-order chi connectivity index (χ1) is 7.11. The Morgan fingerprint density at radius 1 is 1.33 bits per heavy atom. The highest BCUT2D eigenvalue weighted by atomic mass is 16.2. The second-order valence-corrected chi connectivity index (χ2v) is 4.41. The standard InChI is InChI=1S/C12H22N2O/c1-11(2)12(15)13(3)9-10-14-7-5-4-6-8-14/h1,4-10H2,2-3H3. The summed E-state index contributed by atoms with van der Waals surface area (Å²) in [6.07, 6.45) is 3.97. The molecule has 0 saturated carbocycles. The Kier molecular flexibility index (Phi) is 4.82. The molecular weight excluding hydrogens is 188 g/mol. The molecule has 1 heterocycles. The number of hydrogen-bond donors (Lipinski definition) is 0. The van der Waals surface area contributed by atoms with Gasteiger partial charge in [0, 0.05) is 25.7 Å². The van der Waals surface area contributed by atoms with Crippen molar-refractivity contribution in [2.24, 2.45) is 0 Å². The van der Waals surface area contributed by atoms with Crippen molar-refractivity contribution in [2.45, 2.75) is 26.2 Å². The Labute approximate surface area is 92.7 Å². The van der Waals surface area contributed by atoms with Crippen LogP contribution >= 0.6 is 0 Å². The number of carbonyl (C=O) groups excluding carboxylic acids is 1. The summed E-state index contributed by atoms with van der Waals surface area (Å²) in [6.45, 7) is 9.62. The minimum atomic E-state index is 0.0620. The third kappa shape index (κ3) is 4.04. The summed E-state index contributed by atoms with van der Waals surface area (Å²) >= 11 is 0. The molecule has 0 aromatic rings. The molecule has 0 N–H and O–H groups in total. The van der Waals surface area contributed by atoms with E-state index >= 15 is 0 Å². The van der Waals surface area contributed by atoms with Gasteiger partial charge in [-0.1, -0.05) is 13.0 Å². The zero-order chi connectivity index (χ0) is 11.3. The molecule has 0 aromatic carbocycles. The lowest BCUT2D eigenvalue weighted by atomic mass is 10.1. The van der Waals surface area contributed by atoms with E-state index in [1.165, 1.54) is 32.4 Å². The van der Waals surface area contributed by atoms with Crippen molar-refractivity contribution >= 4 is 5.91 Å². The number of hydrogen-bond acceptors (Lipinski definition) is 2. The van der Waals surface area contributed by atoms with Crippen LogP contribution in [0.15, 0.2) is 12.2 Å². The molecular formula is C12H22N2O. The van der Waals surface area contributed by atoms with E-state index in [1.54, 1.807) is 11.8 Å². The molecule has 1 fully saturated rings. The third-order valence-electron chi connectivity index (χ3n) is 2.91. The van der Waals surface area contributed by atoms with Crippen LogP contribution in [0.1, 0.15) is 26.2 Å². The van der Waals surface area contributed by atoms with Gasteiger partial charge in [-0.05, 0) is 32.9 Å². The average Bonchev–Trinajstić information content (AvgIpc) is 2.26. The van der Waals surface area contributed by atoms with Crippen LogP contribution in [0.5, 0.6) is 0 Å². The number of piperidine rings is 1. The Bertz CT molecular complexity index is 232. The van der Waals surface area contributed by atoms with Gasteiger partial charge in [0.25, 0.3) is 0 Å². The number of nitrogens with zero attached hydrogens (tertiary/aromatic N) is 2. The molecule has 1 saturated heterocycles. The predicted octanol–water partition coefficient (Wildman–Crippen LogP) is 1.51. The number of likely N-dealkylation sites (N-methyl/N-ethyl adjacent to an activating group) is 1. The Hall–Kier alpha value is -0.830. The highest BCUT2D eigenvalue weighted by molar-refractivity contribution is 5.91. The maximum absolute atomic E-state index is 11.5. The maximum Gasteiger partial charge on any atom is 0.248 e. The van der Waals surface area contributed by atoms with E-state index < -0.39 is 0 Å². The molecule has 0 spiro atoms. The van der Waals surface area contributed by atoms with Gasteiger partial charge >= 0.3 is 0 Å². The van der Waals surface area contributed by atoms with Crippen LogP contribution in [0.3, 0.4) is 0 Å². The van der Waals surface area contributed by atoms with Crippen LogP contribution in [0.2, 0.25) is 0 Å². The summed E-state index contributed by atoms with van der Waals surface area (Å²) in [7, 11) is 1.85. The molecule has 0 radical (unpaired) electrons. The van der Waals surface area contributed by atoms with Crippen LogP contribution in [0, 0.1) is 0 Å². The summed E-state index contributed by atoms with van der Waals surface area (Å²) in [4.78, 5) is 15.7. The molecule has 0 atom stereocenters. The maximum atomic E-state index is 11.5. The molecule has 86 valence electrons. The Balaban J connectivity index is 2.23. The van der Waals surface area contributed by atoms with E-state index in [2.05, 4.69) is 11.5 Å². The number of likely N-dealkylation sites (tertiary alicyclic amines) is 1. The van der Waals surface area contributed by atoms with Crippen molar-refractivity contribution in [1.29, 1.82) is 0 Å². The molecule has 0 bridgehead atoms. The van der Waals surface area contributed by atoms with Gasteiger partial charge < -0.3 is 9.80 Å². The third-order valence-corrected chi connectivity index (χ3v) is 2.91. The fourth-order valence-corrected chi connectivity index (χ4v) is 1.90. The highest BCUT2D eigenvalue weighted by Crippen LogP contribution is 2.08. The molecule has 3 heteroatoms. The van der Waals surface area contributed by atoms with E-state index in [4.69, 9.17) is 0 Å². The molecule has 1 rings (SSSR count). The SMILES string of the molecule is C=C(C)C(=O)N(C)CCN1CCCCC1. The van der Waals surface area contributed by atoms with Gasteiger partial charge in [-0.2, -0.15) is 0 Å². The quantitative estimate of drug-likeness (QED) is 0.657. The smallest absolute Gasteiger partial charge is 0.248 e. The predicted molar refractivity (Wildman–Crippen MR) is 62.7 cm³/mol. The summed E-state index contributed by atoms with van der Waals surface area (Å²) in [5.41, 5.74) is 0.621. The highest BCUT2D eigenvalue weighted by Gasteiger charge is 2.13. The second kappa shape index (κ2) is 5.91. The van der Waals surface area contributed by atoms with E-state index in [0.29, 0.717) is 5.57 Å². The first-order valence-electron chi connectivity index (χ1n) is 5.74. The molecule has 0 aliphatic carbocycles. The summed E-state index contributed by atoms with van der Waals surface area (Å²) in [5, 5.41) is 0. The fourth-order valence-electron chi connectivity index (χ4n) is 1.90. The first kappa shape index (κ1) is 12.2. The largest absolute Gasteiger partial charge is 0.341 e. The molecule has 0 unspecified atom stereocenters. The van der Waals surface area contributed by atoms with Crippen molar-refractivity contribution in [3.8, 4) is 0 Å². The van der Waals surface area contributed by atoms with Gasteiger partial charge in [-0.15, -0.1) is 0 Å². The summed E-state index contributed by atoms with van der Waals surface area (Å²) < 4.78 is 0. The van der Waals surface area contributed by atoms with Crippen molar-refractivity contribution < 1.29 is 4.79 Å². The average molecular weight is 210 g/mol. The molecule has 1 aliphatic rings. The van der Waals surface area contributed by atoms with Crippen molar-refractivity contribution in [2.75, 3.05) is 33.2 Å². The van der Waals surface area contributed by atoms with Crippen molar-refractivity contribution in [3.05, 3.63) is 12.2 Å². The monoisotopic (exact) mass is 210 g/mol. The van der Waals surface area contributed by atoms with E-state index in [-0.39, 0.29) is 5.91 Å². The van der Waals surface area contributed by atoms with Crippen LogP contribution in [0.25, 0.3) is 0 Å². The zero-order valence-electron chi connectivity index (χ0n) is 9.96. The van der Waals surface area contributed by atoms with Crippen molar-refractivity contribution in [1.82, 2.24) is 9.80 Å². The lowest BCUT2D eigenvalue weighted by molar-refractivity contribution is -0.126. The van der Waals surface area contributed by atoms with Crippen LogP contribution in [-0.4, -0.2) is 48.9 Å². The van der Waals surface area contributed by atoms with E-state index in [0.717, 1.165) is 13.1 Å². The van der Waals surface area contributed by atoms with Gasteiger partial charge in [0.2, 0.25) is 5.91 Å². The Morgan fingerprint density at radius 3 is 2.47 bits per heavy atom. The van der Waals surface area contributed by atoms with Crippen LogP contribution in [0.4, 0.5) is 0 Å². The lowest BCUT2D eigenvalue weighted by Crippen LogP contribution is -2.38. The van der Waals surface area contributed by atoms with Crippen LogP contribution < -0.4 is 0 Å². The van der Waals surface area contributed by atoms with Gasteiger partial charge in [0.15, 0.2) is 0 Å². The summed E-state index contributed by atoms with van der Waals surface area (Å²) in [6, 6.07) is 0. The lowest BCUT2D eigenvalue weighted by Gasteiger charge is -2.28. The van der Waals surface area contributed by atoms with Gasteiger partial charge in [-0.3, -0.25) is 4.79 Å². The minimum absolute atomic E-state index is 0.0620. The molecule has 3 nitrogen and oxygen atoms in total. The Morgan fingerprint density at radius 2 is 1.93 bits per heavy atom. The van der Waals surface area contributed by atoms with Gasteiger partial charge in [-0.25, -0.2) is 0 Å². The zero-order valence-corrected chi connectivity index (χ0v) is 9.96. The number of rotatable bonds is 4. The minimum Gasteiger partial charge on any atom is -0.341 e. The number of carbonyl (C=O) groups is 1. The molecule has 15 heavy (non-hydrogen) atoms. The first-order valence-corrected chi connectivity index (χ1v) is 5.74. The normalized spacial score (nSPS) is 17.5. The van der Waals surface area contributed by atoms with Crippen LogP contribution in [-0.2, 0) is 4.79 Å². The summed E-state index contributed by atoms with van der Waals surface area (Å²) in [5.74, 6) is 0.0620. The van der Waals surface area contributed by atoms with E-state index in [1.807, 2.05) is 7.05 Å². The molecule has 1 aliphatic heterocycles. The second-order valence-electron chi connectivity index (χ2n) is 4.41. The number of amides is 1. The van der Waals surface area contributed by atoms with Gasteiger partial charge in [0.1, 0.15) is 0 Å². The molecule has 0 aromatic heterocycles. The van der Waals surface area contributed by atoms with E-state index in [9.17, 15) is 4.79 Å². The van der Waals surface area contributed by atoms with Gasteiger partial charge in [0.05, 0.1) is 0 Å².